The van der Waals surface area contributed by atoms with E-state index in [0.29, 0.717) is 23.1 Å². The number of carbonyl (C=O) groups is 1. The fraction of sp³-hybridized carbons (Fsp3) is 0.125. The predicted octanol–water partition coefficient (Wildman–Crippen LogP) is 5.03. The van der Waals surface area contributed by atoms with Crippen LogP contribution in [0.25, 0.3) is 22.5 Å². The highest BCUT2D eigenvalue weighted by Crippen LogP contribution is 2.29. The second kappa shape index (κ2) is 9.95. The van der Waals surface area contributed by atoms with Crippen LogP contribution >= 0.6 is 11.8 Å². The number of pyridine rings is 1. The summed E-state index contributed by atoms with van der Waals surface area (Å²) in [5.41, 5.74) is 4.49. The molecule has 0 spiro atoms. The number of amides is 1. The summed E-state index contributed by atoms with van der Waals surface area (Å²) in [5.74, 6) is 0.997. The van der Waals surface area contributed by atoms with Gasteiger partial charge in [0.25, 0.3) is 0 Å². The molecule has 7 heteroatoms. The van der Waals surface area contributed by atoms with Crippen molar-refractivity contribution in [3.63, 3.8) is 0 Å². The van der Waals surface area contributed by atoms with Crippen molar-refractivity contribution in [3.8, 4) is 22.5 Å². The maximum atomic E-state index is 12.2. The molecule has 2 heterocycles. The predicted molar refractivity (Wildman–Crippen MR) is 124 cm³/mol. The minimum Gasteiger partial charge on any atom is -0.311 e. The van der Waals surface area contributed by atoms with Crippen LogP contribution in [-0.4, -0.2) is 31.8 Å². The maximum Gasteiger partial charge on any atom is 0.226 e. The van der Waals surface area contributed by atoms with Crippen LogP contribution in [0.1, 0.15) is 12.0 Å². The van der Waals surface area contributed by atoms with Crippen LogP contribution in [0.3, 0.4) is 0 Å². The zero-order chi connectivity index (χ0) is 21.5. The molecule has 1 N–H and O–H groups in total. The van der Waals surface area contributed by atoms with Crippen LogP contribution in [0, 0.1) is 6.92 Å². The van der Waals surface area contributed by atoms with Gasteiger partial charge in [0, 0.05) is 29.5 Å². The Morgan fingerprint density at radius 1 is 0.871 bits per heavy atom. The lowest BCUT2D eigenvalue weighted by Gasteiger charge is -2.09. The molecule has 31 heavy (non-hydrogen) atoms. The molecule has 0 saturated carbocycles. The molecule has 0 fully saturated rings. The number of hydrogen-bond acceptors (Lipinski definition) is 6. The fourth-order valence-electron chi connectivity index (χ4n) is 2.94. The molecule has 0 atom stereocenters. The quantitative estimate of drug-likeness (QED) is 0.417. The lowest BCUT2D eigenvalue weighted by atomic mass is 10.0. The number of nitrogens with one attached hydrogen (secondary N) is 1. The summed E-state index contributed by atoms with van der Waals surface area (Å²) in [6.45, 7) is 1.95. The lowest BCUT2D eigenvalue weighted by molar-refractivity contribution is -0.115. The third-order valence-electron chi connectivity index (χ3n) is 4.50. The summed E-state index contributed by atoms with van der Waals surface area (Å²) in [4.78, 5) is 21.1. The van der Waals surface area contributed by atoms with Crippen molar-refractivity contribution < 1.29 is 4.79 Å². The van der Waals surface area contributed by atoms with Gasteiger partial charge in [-0.05, 0) is 18.6 Å². The molecule has 6 nitrogen and oxygen atoms in total. The number of rotatable bonds is 7. The first-order valence-corrected chi connectivity index (χ1v) is 10.9. The van der Waals surface area contributed by atoms with Crippen molar-refractivity contribution in [3.05, 3.63) is 84.6 Å². The van der Waals surface area contributed by atoms with Crippen LogP contribution in [0.2, 0.25) is 0 Å². The van der Waals surface area contributed by atoms with E-state index in [1.165, 1.54) is 11.8 Å². The molecule has 0 bridgehead atoms. The Hall–Kier alpha value is -3.58. The molecule has 0 aliphatic carbocycles. The third-order valence-corrected chi connectivity index (χ3v) is 5.34. The molecule has 0 radical (unpaired) electrons. The molecule has 2 aromatic heterocycles. The van der Waals surface area contributed by atoms with Gasteiger partial charge in [-0.25, -0.2) is 9.97 Å². The van der Waals surface area contributed by atoms with E-state index in [1.54, 1.807) is 12.3 Å². The fourth-order valence-corrected chi connectivity index (χ4v) is 3.67. The molecule has 0 unspecified atom stereocenters. The van der Waals surface area contributed by atoms with E-state index in [-0.39, 0.29) is 5.91 Å². The Labute approximate surface area is 185 Å². The summed E-state index contributed by atoms with van der Waals surface area (Å²) >= 11 is 1.41. The standard InChI is InChI=1S/C24H21N5OS/c1-17-12-13-20(25-16-17)26-21(30)14-15-31-24-27-22(18-8-4-2-5-9-18)23(28-29-24)19-10-6-3-7-11-19/h2-13,16H,14-15H2,1H3,(H,25,26,30). The first-order chi connectivity index (χ1) is 15.2. The Balaban J connectivity index is 1.46. The molecule has 4 rings (SSSR count). The zero-order valence-electron chi connectivity index (χ0n) is 17.0. The number of anilines is 1. The van der Waals surface area contributed by atoms with Crippen molar-refractivity contribution in [2.24, 2.45) is 0 Å². The van der Waals surface area contributed by atoms with Gasteiger partial charge >= 0.3 is 0 Å². The molecule has 154 valence electrons. The number of thioether (sulfide) groups is 1. The number of carbonyl (C=O) groups excluding carboxylic acids is 1. The van der Waals surface area contributed by atoms with Gasteiger partial charge in [0.2, 0.25) is 11.1 Å². The second-order valence-corrected chi connectivity index (χ2v) is 7.95. The van der Waals surface area contributed by atoms with E-state index in [2.05, 4.69) is 20.5 Å². The SMILES string of the molecule is Cc1ccc(NC(=O)CCSc2nnc(-c3ccccc3)c(-c3ccccc3)n2)nc1. The summed E-state index contributed by atoms with van der Waals surface area (Å²) in [7, 11) is 0. The van der Waals surface area contributed by atoms with Crippen molar-refractivity contribution in [2.45, 2.75) is 18.5 Å². The molecule has 2 aromatic carbocycles. The highest BCUT2D eigenvalue weighted by molar-refractivity contribution is 7.99. The molecular formula is C24H21N5OS. The minimum absolute atomic E-state index is 0.0963. The Bertz CT molecular complexity index is 1150. The van der Waals surface area contributed by atoms with Crippen LogP contribution in [0.4, 0.5) is 5.82 Å². The van der Waals surface area contributed by atoms with Crippen molar-refractivity contribution in [1.29, 1.82) is 0 Å². The van der Waals surface area contributed by atoms with E-state index >= 15 is 0 Å². The third kappa shape index (κ3) is 5.52. The van der Waals surface area contributed by atoms with Gasteiger partial charge in [0.05, 0.1) is 0 Å². The largest absolute Gasteiger partial charge is 0.311 e. The Kier molecular flexibility index (Phi) is 6.64. The van der Waals surface area contributed by atoms with Crippen LogP contribution in [-0.2, 0) is 4.79 Å². The monoisotopic (exact) mass is 427 g/mol. The van der Waals surface area contributed by atoms with E-state index in [4.69, 9.17) is 4.98 Å². The summed E-state index contributed by atoms with van der Waals surface area (Å²) in [6.07, 6.45) is 2.05. The van der Waals surface area contributed by atoms with Gasteiger partial charge in [-0.2, -0.15) is 0 Å². The second-order valence-electron chi connectivity index (χ2n) is 6.89. The summed E-state index contributed by atoms with van der Waals surface area (Å²) < 4.78 is 0. The number of nitrogens with zero attached hydrogens (tertiary/aromatic N) is 4. The van der Waals surface area contributed by atoms with Gasteiger partial charge in [-0.1, -0.05) is 78.5 Å². The average molecular weight is 428 g/mol. The summed E-state index contributed by atoms with van der Waals surface area (Å²) in [5, 5.41) is 12.1. The number of hydrogen-bond donors (Lipinski definition) is 1. The minimum atomic E-state index is -0.0963. The smallest absolute Gasteiger partial charge is 0.226 e. The van der Waals surface area contributed by atoms with Crippen LogP contribution in [0.15, 0.2) is 84.1 Å². The zero-order valence-corrected chi connectivity index (χ0v) is 17.8. The highest BCUT2D eigenvalue weighted by atomic mass is 32.2. The van der Waals surface area contributed by atoms with Gasteiger partial charge in [-0.3, -0.25) is 4.79 Å². The Morgan fingerprint density at radius 2 is 1.55 bits per heavy atom. The molecule has 0 saturated heterocycles. The molecule has 0 aliphatic rings. The maximum absolute atomic E-state index is 12.2. The Morgan fingerprint density at radius 3 is 2.19 bits per heavy atom. The number of benzene rings is 2. The van der Waals surface area contributed by atoms with E-state index in [1.807, 2.05) is 73.7 Å². The highest BCUT2D eigenvalue weighted by Gasteiger charge is 2.14. The lowest BCUT2D eigenvalue weighted by Crippen LogP contribution is -2.13. The van der Waals surface area contributed by atoms with Gasteiger partial charge in [-0.15, -0.1) is 10.2 Å². The van der Waals surface area contributed by atoms with Gasteiger partial charge in [0.15, 0.2) is 0 Å². The van der Waals surface area contributed by atoms with Crippen LogP contribution < -0.4 is 5.32 Å². The van der Waals surface area contributed by atoms with Crippen molar-refractivity contribution in [1.82, 2.24) is 20.2 Å². The number of aromatic nitrogens is 4. The first-order valence-electron chi connectivity index (χ1n) is 9.90. The van der Waals surface area contributed by atoms with Crippen molar-refractivity contribution in [2.75, 3.05) is 11.1 Å². The van der Waals surface area contributed by atoms with Gasteiger partial charge < -0.3 is 5.32 Å². The van der Waals surface area contributed by atoms with E-state index in [9.17, 15) is 4.79 Å². The van der Waals surface area contributed by atoms with Crippen molar-refractivity contribution >= 4 is 23.5 Å². The van der Waals surface area contributed by atoms with E-state index < -0.39 is 0 Å². The molecule has 0 aliphatic heterocycles. The van der Waals surface area contributed by atoms with E-state index in [0.717, 1.165) is 28.1 Å². The normalized spacial score (nSPS) is 10.6. The molecular weight excluding hydrogens is 406 g/mol. The average Bonchev–Trinajstić information content (AvgIpc) is 2.82. The summed E-state index contributed by atoms with van der Waals surface area (Å²) in [6, 6.07) is 23.5. The number of aryl methyl sites for hydroxylation is 1. The molecule has 4 aromatic rings. The van der Waals surface area contributed by atoms with Gasteiger partial charge in [0.1, 0.15) is 17.2 Å². The molecule has 1 amide bonds. The first kappa shape index (κ1) is 20.7. The topological polar surface area (TPSA) is 80.7 Å². The van der Waals surface area contributed by atoms with Crippen LogP contribution in [0.5, 0.6) is 0 Å².